The molecule has 0 bridgehead atoms. The average molecular weight is 242 g/mol. The Hall–Kier alpha value is -1.74. The highest BCUT2D eigenvalue weighted by Gasteiger charge is 2.11. The highest BCUT2D eigenvalue weighted by molar-refractivity contribution is 5.56. The largest absolute Gasteiger partial charge is 0.468 e. The van der Waals surface area contributed by atoms with Gasteiger partial charge in [0.1, 0.15) is 5.76 Å². The van der Waals surface area contributed by atoms with Gasteiger partial charge in [0.25, 0.3) is 0 Å². The van der Waals surface area contributed by atoms with Gasteiger partial charge in [0.05, 0.1) is 12.8 Å². The third-order valence-corrected chi connectivity index (χ3v) is 3.39. The molecule has 1 aliphatic heterocycles. The lowest BCUT2D eigenvalue weighted by molar-refractivity contribution is 0.482. The van der Waals surface area contributed by atoms with Gasteiger partial charge in [0.15, 0.2) is 0 Å². The Morgan fingerprint density at radius 1 is 1.17 bits per heavy atom. The first kappa shape index (κ1) is 11.4. The SMILES string of the molecule is c1coc(CNCc2cccc3c2CCCN3)c1. The summed E-state index contributed by atoms with van der Waals surface area (Å²) >= 11 is 0. The molecule has 3 rings (SSSR count). The molecule has 2 aromatic rings. The van der Waals surface area contributed by atoms with E-state index in [-0.39, 0.29) is 0 Å². The topological polar surface area (TPSA) is 37.2 Å². The molecule has 0 spiro atoms. The first-order valence-electron chi connectivity index (χ1n) is 6.51. The average Bonchev–Trinajstić information content (AvgIpc) is 2.92. The molecule has 0 amide bonds. The highest BCUT2D eigenvalue weighted by atomic mass is 16.3. The van der Waals surface area contributed by atoms with Gasteiger partial charge in [-0.15, -0.1) is 0 Å². The van der Waals surface area contributed by atoms with Crippen LogP contribution >= 0.6 is 0 Å². The minimum atomic E-state index is 0.782. The molecule has 0 saturated carbocycles. The molecule has 3 nitrogen and oxygen atoms in total. The number of furan rings is 1. The van der Waals surface area contributed by atoms with Crippen molar-refractivity contribution in [3.8, 4) is 0 Å². The van der Waals surface area contributed by atoms with Gasteiger partial charge in [-0.2, -0.15) is 0 Å². The Labute approximate surface area is 107 Å². The van der Waals surface area contributed by atoms with E-state index in [9.17, 15) is 0 Å². The Kier molecular flexibility index (Phi) is 3.33. The van der Waals surface area contributed by atoms with E-state index in [1.165, 1.54) is 29.7 Å². The Balaban J connectivity index is 1.65. The number of hydrogen-bond donors (Lipinski definition) is 2. The minimum absolute atomic E-state index is 0.782. The molecule has 0 fully saturated rings. The van der Waals surface area contributed by atoms with Crippen molar-refractivity contribution in [2.24, 2.45) is 0 Å². The Morgan fingerprint density at radius 3 is 3.06 bits per heavy atom. The number of benzene rings is 1. The number of hydrogen-bond acceptors (Lipinski definition) is 3. The van der Waals surface area contributed by atoms with Crippen LogP contribution in [0.3, 0.4) is 0 Å². The van der Waals surface area contributed by atoms with E-state index < -0.39 is 0 Å². The maximum atomic E-state index is 5.31. The Bertz CT molecular complexity index is 505. The first-order chi connectivity index (χ1) is 8.93. The van der Waals surface area contributed by atoms with Gasteiger partial charge >= 0.3 is 0 Å². The van der Waals surface area contributed by atoms with Crippen molar-refractivity contribution in [2.45, 2.75) is 25.9 Å². The molecule has 1 aromatic heterocycles. The summed E-state index contributed by atoms with van der Waals surface area (Å²) in [6.45, 7) is 2.77. The quantitative estimate of drug-likeness (QED) is 0.865. The summed E-state index contributed by atoms with van der Waals surface area (Å²) in [5, 5.41) is 6.89. The van der Waals surface area contributed by atoms with Gasteiger partial charge < -0.3 is 15.1 Å². The molecule has 1 aromatic carbocycles. The van der Waals surface area contributed by atoms with Gasteiger partial charge in [-0.25, -0.2) is 0 Å². The normalized spacial score (nSPS) is 14.0. The maximum absolute atomic E-state index is 5.31. The molecule has 94 valence electrons. The molecule has 2 N–H and O–H groups in total. The summed E-state index contributed by atoms with van der Waals surface area (Å²) in [5.74, 6) is 0.984. The predicted octanol–water partition coefficient (Wildman–Crippen LogP) is 2.93. The maximum Gasteiger partial charge on any atom is 0.117 e. The van der Waals surface area contributed by atoms with Crippen LogP contribution in [0.5, 0.6) is 0 Å². The van der Waals surface area contributed by atoms with Gasteiger partial charge in [-0.1, -0.05) is 12.1 Å². The van der Waals surface area contributed by atoms with Crippen LogP contribution in [-0.2, 0) is 19.5 Å². The van der Waals surface area contributed by atoms with E-state index in [4.69, 9.17) is 4.42 Å². The molecule has 0 aliphatic carbocycles. The predicted molar refractivity (Wildman–Crippen MR) is 72.5 cm³/mol. The van der Waals surface area contributed by atoms with Crippen LogP contribution in [0.25, 0.3) is 0 Å². The summed E-state index contributed by atoms with van der Waals surface area (Å²) in [4.78, 5) is 0. The summed E-state index contributed by atoms with van der Waals surface area (Å²) in [7, 11) is 0. The standard InChI is InChI=1S/C15H18N2O/c1-4-12(10-16-11-13-5-3-9-18-13)14-6-2-8-17-15(14)7-1/h1,3-5,7,9,16-17H,2,6,8,10-11H2. The van der Waals surface area contributed by atoms with Crippen LogP contribution in [0.15, 0.2) is 41.0 Å². The zero-order valence-corrected chi connectivity index (χ0v) is 10.4. The second-order valence-electron chi connectivity index (χ2n) is 4.66. The molecule has 0 atom stereocenters. The van der Waals surface area contributed by atoms with Gasteiger partial charge in [0, 0.05) is 18.8 Å². The van der Waals surface area contributed by atoms with Crippen molar-refractivity contribution in [2.75, 3.05) is 11.9 Å². The fraction of sp³-hybridized carbons (Fsp3) is 0.333. The molecule has 0 radical (unpaired) electrons. The van der Waals surface area contributed by atoms with Crippen LogP contribution in [0, 0.1) is 0 Å². The van der Waals surface area contributed by atoms with Crippen LogP contribution in [-0.4, -0.2) is 6.54 Å². The summed E-state index contributed by atoms with van der Waals surface area (Å²) < 4.78 is 5.31. The number of rotatable bonds is 4. The lowest BCUT2D eigenvalue weighted by atomic mass is 9.97. The van der Waals surface area contributed by atoms with Gasteiger partial charge in [0.2, 0.25) is 0 Å². The fourth-order valence-electron chi connectivity index (χ4n) is 2.48. The minimum Gasteiger partial charge on any atom is -0.468 e. The smallest absolute Gasteiger partial charge is 0.117 e. The highest BCUT2D eigenvalue weighted by Crippen LogP contribution is 2.25. The van der Waals surface area contributed by atoms with Crippen LogP contribution < -0.4 is 10.6 Å². The molecule has 2 heterocycles. The molecule has 0 unspecified atom stereocenters. The van der Waals surface area contributed by atoms with E-state index in [1.54, 1.807) is 6.26 Å². The third-order valence-electron chi connectivity index (χ3n) is 3.39. The number of fused-ring (bicyclic) bond motifs is 1. The zero-order valence-electron chi connectivity index (χ0n) is 10.4. The molecule has 1 aliphatic rings. The van der Waals surface area contributed by atoms with Crippen LogP contribution in [0.4, 0.5) is 5.69 Å². The van der Waals surface area contributed by atoms with E-state index in [0.717, 1.165) is 25.4 Å². The molecular weight excluding hydrogens is 224 g/mol. The lowest BCUT2D eigenvalue weighted by Crippen LogP contribution is -2.17. The van der Waals surface area contributed by atoms with E-state index in [2.05, 4.69) is 28.8 Å². The van der Waals surface area contributed by atoms with Crippen molar-refractivity contribution in [1.29, 1.82) is 0 Å². The first-order valence-corrected chi connectivity index (χ1v) is 6.51. The molecular formula is C15H18N2O. The van der Waals surface area contributed by atoms with Crippen molar-refractivity contribution < 1.29 is 4.42 Å². The van der Waals surface area contributed by atoms with E-state index in [1.807, 2.05) is 12.1 Å². The lowest BCUT2D eigenvalue weighted by Gasteiger charge is -2.21. The molecule has 3 heteroatoms. The van der Waals surface area contributed by atoms with Crippen LogP contribution in [0.1, 0.15) is 23.3 Å². The second-order valence-corrected chi connectivity index (χ2v) is 4.66. The van der Waals surface area contributed by atoms with Gasteiger partial charge in [-0.3, -0.25) is 0 Å². The van der Waals surface area contributed by atoms with E-state index >= 15 is 0 Å². The number of anilines is 1. The summed E-state index contributed by atoms with van der Waals surface area (Å²) in [6, 6.07) is 10.4. The van der Waals surface area contributed by atoms with Crippen molar-refractivity contribution in [3.05, 3.63) is 53.5 Å². The van der Waals surface area contributed by atoms with E-state index in [0.29, 0.717) is 0 Å². The van der Waals surface area contributed by atoms with Crippen molar-refractivity contribution in [1.82, 2.24) is 5.32 Å². The summed E-state index contributed by atoms with van der Waals surface area (Å²) in [6.07, 6.45) is 4.12. The fourth-order valence-corrected chi connectivity index (χ4v) is 2.48. The van der Waals surface area contributed by atoms with Crippen LogP contribution in [0.2, 0.25) is 0 Å². The zero-order chi connectivity index (χ0) is 12.2. The Morgan fingerprint density at radius 2 is 2.17 bits per heavy atom. The van der Waals surface area contributed by atoms with Crippen molar-refractivity contribution >= 4 is 5.69 Å². The molecule has 18 heavy (non-hydrogen) atoms. The second kappa shape index (κ2) is 5.27. The molecule has 0 saturated heterocycles. The number of nitrogens with one attached hydrogen (secondary N) is 2. The van der Waals surface area contributed by atoms with Gasteiger partial charge in [-0.05, 0) is 42.2 Å². The van der Waals surface area contributed by atoms with Crippen molar-refractivity contribution in [3.63, 3.8) is 0 Å². The third kappa shape index (κ3) is 2.41. The summed E-state index contributed by atoms with van der Waals surface area (Å²) in [5.41, 5.74) is 4.17. The monoisotopic (exact) mass is 242 g/mol.